The molecule has 10 heteroatoms. The highest BCUT2D eigenvalue weighted by atomic mass is 32.2. The van der Waals surface area contributed by atoms with Crippen molar-refractivity contribution in [3.63, 3.8) is 0 Å². The number of furan rings is 1. The van der Waals surface area contributed by atoms with Gasteiger partial charge in [0.2, 0.25) is 0 Å². The third-order valence-corrected chi connectivity index (χ3v) is 4.89. The summed E-state index contributed by atoms with van der Waals surface area (Å²) in [6.07, 6.45) is 0.958. The van der Waals surface area contributed by atoms with Crippen LogP contribution in [0.4, 0.5) is 5.69 Å². The zero-order valence-electron chi connectivity index (χ0n) is 15.3. The van der Waals surface area contributed by atoms with Gasteiger partial charge in [0.15, 0.2) is 16.7 Å². The summed E-state index contributed by atoms with van der Waals surface area (Å²) in [5.74, 6) is 0.779. The van der Waals surface area contributed by atoms with E-state index in [1.54, 1.807) is 37.5 Å². The fourth-order valence-corrected chi connectivity index (χ4v) is 3.37. The van der Waals surface area contributed by atoms with Crippen LogP contribution < -0.4 is 0 Å². The number of nitro groups is 1. The normalized spacial score (nSPS) is 11.9. The molecule has 0 aliphatic heterocycles. The van der Waals surface area contributed by atoms with Crippen molar-refractivity contribution in [2.45, 2.75) is 31.7 Å². The summed E-state index contributed by atoms with van der Waals surface area (Å²) in [6, 6.07) is 9.59. The number of non-ortho nitro benzene ring substituents is 1. The van der Waals surface area contributed by atoms with Crippen LogP contribution in [0.2, 0.25) is 0 Å². The van der Waals surface area contributed by atoms with Crippen molar-refractivity contribution in [1.82, 2.24) is 14.8 Å². The Kier molecular flexibility index (Phi) is 6.09. The largest absolute Gasteiger partial charge is 0.461 e. The minimum Gasteiger partial charge on any atom is -0.461 e. The van der Waals surface area contributed by atoms with Gasteiger partial charge in [0.1, 0.15) is 6.10 Å². The summed E-state index contributed by atoms with van der Waals surface area (Å²) < 4.78 is 12.6. The van der Waals surface area contributed by atoms with E-state index in [-0.39, 0.29) is 11.4 Å². The number of nitrogens with zero attached hydrogens (tertiary/aromatic N) is 4. The Labute approximate surface area is 164 Å². The molecule has 2 heterocycles. The Hall–Kier alpha value is -3.14. The first-order chi connectivity index (χ1) is 13.5. The molecule has 146 valence electrons. The number of esters is 1. The number of hydrogen-bond donors (Lipinski definition) is 0. The van der Waals surface area contributed by atoms with Crippen LogP contribution in [-0.2, 0) is 16.1 Å². The van der Waals surface area contributed by atoms with Crippen molar-refractivity contribution in [3.05, 3.63) is 58.3 Å². The molecule has 0 unspecified atom stereocenters. The Morgan fingerprint density at radius 2 is 2.18 bits per heavy atom. The van der Waals surface area contributed by atoms with E-state index in [0.717, 1.165) is 0 Å². The van der Waals surface area contributed by atoms with Crippen LogP contribution in [0.15, 0.2) is 52.2 Å². The number of ether oxygens (including phenoxy) is 1. The summed E-state index contributed by atoms with van der Waals surface area (Å²) in [7, 11) is 0. The lowest BCUT2D eigenvalue weighted by Gasteiger charge is -2.13. The van der Waals surface area contributed by atoms with Crippen LogP contribution >= 0.6 is 11.8 Å². The lowest BCUT2D eigenvalue weighted by Crippen LogP contribution is -2.12. The molecule has 0 fully saturated rings. The van der Waals surface area contributed by atoms with Gasteiger partial charge >= 0.3 is 5.97 Å². The van der Waals surface area contributed by atoms with E-state index in [0.29, 0.717) is 28.8 Å². The molecule has 1 atom stereocenters. The second-order valence-corrected chi connectivity index (χ2v) is 6.74. The molecule has 3 rings (SSSR count). The Balaban J connectivity index is 1.62. The first-order valence-electron chi connectivity index (χ1n) is 8.53. The van der Waals surface area contributed by atoms with Gasteiger partial charge < -0.3 is 9.15 Å². The zero-order valence-corrected chi connectivity index (χ0v) is 16.1. The third kappa shape index (κ3) is 4.39. The molecule has 3 aromatic rings. The molecule has 0 saturated heterocycles. The fourth-order valence-electron chi connectivity index (χ4n) is 2.58. The molecule has 0 aliphatic rings. The van der Waals surface area contributed by atoms with Crippen molar-refractivity contribution in [2.24, 2.45) is 0 Å². The summed E-state index contributed by atoms with van der Waals surface area (Å²) in [5.41, 5.74) is 0.514. The number of rotatable bonds is 8. The smallest absolute Gasteiger partial charge is 0.316 e. The standard InChI is InChI=1S/C18H18N4O5S/c1-3-21-17(15-8-5-9-26-15)19-20-18(21)28-11-16(23)27-12(2)13-6-4-7-14(10-13)22(24)25/h4-10,12H,3,11H2,1-2H3/t12-/m1/s1. The molecule has 1 aromatic carbocycles. The monoisotopic (exact) mass is 402 g/mol. The average molecular weight is 402 g/mol. The molecule has 0 N–H and O–H groups in total. The highest BCUT2D eigenvalue weighted by molar-refractivity contribution is 7.99. The molecule has 0 aliphatic carbocycles. The van der Waals surface area contributed by atoms with Crippen LogP contribution in [0, 0.1) is 10.1 Å². The minimum atomic E-state index is -0.601. The third-order valence-electron chi connectivity index (χ3n) is 3.95. The predicted octanol–water partition coefficient (Wildman–Crippen LogP) is 3.86. The van der Waals surface area contributed by atoms with E-state index in [4.69, 9.17) is 9.15 Å². The number of aromatic nitrogens is 3. The molecule has 0 amide bonds. The number of thioether (sulfide) groups is 1. The van der Waals surface area contributed by atoms with E-state index in [9.17, 15) is 14.9 Å². The Bertz CT molecular complexity index is 970. The van der Waals surface area contributed by atoms with E-state index in [1.165, 1.54) is 23.9 Å². The Morgan fingerprint density at radius 3 is 2.86 bits per heavy atom. The highest BCUT2D eigenvalue weighted by Crippen LogP contribution is 2.26. The second-order valence-electron chi connectivity index (χ2n) is 5.80. The Morgan fingerprint density at radius 1 is 1.36 bits per heavy atom. The highest BCUT2D eigenvalue weighted by Gasteiger charge is 2.19. The lowest BCUT2D eigenvalue weighted by atomic mass is 10.1. The summed E-state index contributed by atoms with van der Waals surface area (Å²) in [4.78, 5) is 22.6. The van der Waals surface area contributed by atoms with E-state index >= 15 is 0 Å². The maximum atomic E-state index is 12.2. The van der Waals surface area contributed by atoms with Gasteiger partial charge in [-0.2, -0.15) is 0 Å². The topological polar surface area (TPSA) is 113 Å². The maximum absolute atomic E-state index is 12.2. The summed E-state index contributed by atoms with van der Waals surface area (Å²) >= 11 is 1.21. The quantitative estimate of drug-likeness (QED) is 0.241. The molecular weight excluding hydrogens is 384 g/mol. The fraction of sp³-hybridized carbons (Fsp3) is 0.278. The van der Waals surface area contributed by atoms with Gasteiger partial charge in [-0.3, -0.25) is 19.5 Å². The van der Waals surface area contributed by atoms with Crippen LogP contribution in [0.3, 0.4) is 0 Å². The first-order valence-corrected chi connectivity index (χ1v) is 9.51. The van der Waals surface area contributed by atoms with Crippen LogP contribution in [0.1, 0.15) is 25.5 Å². The molecule has 0 bridgehead atoms. The summed E-state index contributed by atoms with van der Waals surface area (Å²) in [6.45, 7) is 4.23. The van der Waals surface area contributed by atoms with Crippen molar-refractivity contribution in [2.75, 3.05) is 5.75 Å². The van der Waals surface area contributed by atoms with Crippen LogP contribution in [-0.4, -0.2) is 31.4 Å². The van der Waals surface area contributed by atoms with Gasteiger partial charge in [0, 0.05) is 18.7 Å². The molecule has 9 nitrogen and oxygen atoms in total. The van der Waals surface area contributed by atoms with Crippen molar-refractivity contribution >= 4 is 23.4 Å². The molecule has 0 radical (unpaired) electrons. The number of benzene rings is 1. The number of nitro benzene ring substituents is 1. The number of carbonyl (C=O) groups is 1. The van der Waals surface area contributed by atoms with Gasteiger partial charge in [-0.25, -0.2) is 0 Å². The van der Waals surface area contributed by atoms with Crippen LogP contribution in [0.5, 0.6) is 0 Å². The zero-order chi connectivity index (χ0) is 20.1. The van der Waals surface area contributed by atoms with Gasteiger partial charge in [0.05, 0.1) is 16.9 Å². The number of hydrogen-bond acceptors (Lipinski definition) is 8. The number of carbonyl (C=O) groups excluding carboxylic acids is 1. The van der Waals surface area contributed by atoms with Crippen molar-refractivity contribution < 1.29 is 18.9 Å². The molecule has 28 heavy (non-hydrogen) atoms. The predicted molar refractivity (Wildman–Crippen MR) is 102 cm³/mol. The second kappa shape index (κ2) is 8.70. The van der Waals surface area contributed by atoms with Crippen LogP contribution in [0.25, 0.3) is 11.6 Å². The molecule has 0 saturated carbocycles. The van der Waals surface area contributed by atoms with E-state index in [2.05, 4.69) is 10.2 Å². The minimum absolute atomic E-state index is 0.0373. The SMILES string of the molecule is CCn1c(SCC(=O)O[C@H](C)c2cccc([N+](=O)[O-])c2)nnc1-c1ccco1. The van der Waals surface area contributed by atoms with E-state index in [1.807, 2.05) is 11.5 Å². The first kappa shape index (κ1) is 19.6. The van der Waals surface area contributed by atoms with Gasteiger partial charge in [-0.05, 0) is 31.5 Å². The molecule has 2 aromatic heterocycles. The van der Waals surface area contributed by atoms with Crippen molar-refractivity contribution in [1.29, 1.82) is 0 Å². The van der Waals surface area contributed by atoms with Gasteiger partial charge in [-0.1, -0.05) is 23.9 Å². The van der Waals surface area contributed by atoms with E-state index < -0.39 is 17.0 Å². The summed E-state index contributed by atoms with van der Waals surface area (Å²) in [5, 5.41) is 19.7. The molecular formula is C18H18N4O5S. The van der Waals surface area contributed by atoms with Gasteiger partial charge in [0.25, 0.3) is 5.69 Å². The van der Waals surface area contributed by atoms with Crippen molar-refractivity contribution in [3.8, 4) is 11.6 Å². The lowest BCUT2D eigenvalue weighted by molar-refractivity contribution is -0.385. The maximum Gasteiger partial charge on any atom is 0.316 e. The average Bonchev–Trinajstić information content (AvgIpc) is 3.35. The van der Waals surface area contributed by atoms with Gasteiger partial charge in [-0.15, -0.1) is 10.2 Å². The molecule has 0 spiro atoms.